The molecule has 0 bridgehead atoms. The Morgan fingerprint density at radius 1 is 1.30 bits per heavy atom. The van der Waals surface area contributed by atoms with Gasteiger partial charge >= 0.3 is 0 Å². The van der Waals surface area contributed by atoms with E-state index in [0.717, 1.165) is 0 Å². The van der Waals surface area contributed by atoms with Crippen LogP contribution < -0.4 is 22.7 Å². The second kappa shape index (κ2) is 2.36. The van der Waals surface area contributed by atoms with Gasteiger partial charge in [-0.2, -0.15) is 0 Å². The maximum absolute atomic E-state index is 5.40. The largest absolute Gasteiger partial charge is 0.393 e. The summed E-state index contributed by atoms with van der Waals surface area (Å²) in [7, 11) is 0. The molecule has 1 heterocycles. The Morgan fingerprint density at radius 2 is 2.00 bits per heavy atom. The number of nitrogen functional groups attached to an aromatic ring is 3. The molecule has 6 nitrogen and oxygen atoms in total. The lowest BCUT2D eigenvalue weighted by atomic mass is 10.4. The zero-order chi connectivity index (χ0) is 7.56. The predicted octanol–water partition coefficient (Wildman–Crippen LogP) is -1.07. The lowest BCUT2D eigenvalue weighted by Gasteiger charge is -2.02. The quantitative estimate of drug-likeness (QED) is 0.291. The first kappa shape index (κ1) is 6.56. The molecular formula is C4H8N6. The number of aromatic nitrogens is 2. The van der Waals surface area contributed by atoms with Crippen molar-refractivity contribution in [3.05, 3.63) is 6.33 Å². The molecule has 0 saturated heterocycles. The molecule has 0 aliphatic heterocycles. The van der Waals surface area contributed by atoms with Crippen LogP contribution in [0.5, 0.6) is 0 Å². The standard InChI is InChI=1S/C4H8N6/c5-2-3(6)8-1-9-4(2)10-7/h1H,5,7H2,(H3,6,8,9,10). The van der Waals surface area contributed by atoms with Crippen LogP contribution in [-0.4, -0.2) is 9.97 Å². The topological polar surface area (TPSA) is 116 Å². The molecule has 1 aromatic rings. The van der Waals surface area contributed by atoms with E-state index < -0.39 is 0 Å². The van der Waals surface area contributed by atoms with Gasteiger partial charge in [-0.25, -0.2) is 15.8 Å². The monoisotopic (exact) mass is 140 g/mol. The molecule has 0 aliphatic carbocycles. The van der Waals surface area contributed by atoms with Gasteiger partial charge in [0.2, 0.25) is 0 Å². The summed E-state index contributed by atoms with van der Waals surface area (Å²) < 4.78 is 0. The van der Waals surface area contributed by atoms with E-state index in [1.54, 1.807) is 0 Å². The SMILES string of the molecule is NNc1ncnc(N)c1N. The summed E-state index contributed by atoms with van der Waals surface area (Å²) >= 11 is 0. The number of hydrogen-bond acceptors (Lipinski definition) is 6. The molecule has 0 aliphatic rings. The zero-order valence-electron chi connectivity index (χ0n) is 5.20. The summed E-state index contributed by atoms with van der Waals surface area (Å²) in [6.07, 6.45) is 1.28. The minimum atomic E-state index is 0.225. The van der Waals surface area contributed by atoms with Gasteiger partial charge < -0.3 is 16.9 Å². The molecule has 0 spiro atoms. The van der Waals surface area contributed by atoms with Crippen LogP contribution in [0.4, 0.5) is 17.3 Å². The van der Waals surface area contributed by atoms with Gasteiger partial charge in [0.1, 0.15) is 12.0 Å². The summed E-state index contributed by atoms with van der Waals surface area (Å²) in [5.41, 5.74) is 13.3. The highest BCUT2D eigenvalue weighted by molar-refractivity contribution is 5.71. The minimum Gasteiger partial charge on any atom is -0.393 e. The first-order valence-electron chi connectivity index (χ1n) is 2.58. The van der Waals surface area contributed by atoms with Crippen LogP contribution in [0.3, 0.4) is 0 Å². The van der Waals surface area contributed by atoms with Crippen molar-refractivity contribution in [3.8, 4) is 0 Å². The molecule has 0 aromatic carbocycles. The maximum Gasteiger partial charge on any atom is 0.168 e. The Morgan fingerprint density at radius 3 is 2.50 bits per heavy atom. The number of rotatable bonds is 1. The van der Waals surface area contributed by atoms with Crippen LogP contribution in [0.2, 0.25) is 0 Å². The van der Waals surface area contributed by atoms with Crippen molar-refractivity contribution in [2.24, 2.45) is 5.84 Å². The molecule has 0 amide bonds. The van der Waals surface area contributed by atoms with E-state index in [1.165, 1.54) is 6.33 Å². The molecule has 0 fully saturated rings. The smallest absolute Gasteiger partial charge is 0.168 e. The fraction of sp³-hybridized carbons (Fsp3) is 0. The number of hydrazine groups is 1. The van der Waals surface area contributed by atoms with Gasteiger partial charge in [0, 0.05) is 0 Å². The number of hydrogen-bond donors (Lipinski definition) is 4. The Kier molecular flexibility index (Phi) is 1.55. The third-order valence-corrected chi connectivity index (χ3v) is 1.05. The van der Waals surface area contributed by atoms with Gasteiger partial charge in [-0.05, 0) is 0 Å². The van der Waals surface area contributed by atoms with Gasteiger partial charge in [0.25, 0.3) is 0 Å². The number of nitrogens with one attached hydrogen (secondary N) is 1. The zero-order valence-corrected chi connectivity index (χ0v) is 5.20. The van der Waals surface area contributed by atoms with Gasteiger partial charge in [-0.1, -0.05) is 0 Å². The number of nitrogens with zero attached hydrogens (tertiary/aromatic N) is 2. The molecule has 0 saturated carbocycles. The van der Waals surface area contributed by atoms with Crippen molar-refractivity contribution < 1.29 is 0 Å². The molecule has 1 aromatic heterocycles. The maximum atomic E-state index is 5.40. The second-order valence-electron chi connectivity index (χ2n) is 1.67. The lowest BCUT2D eigenvalue weighted by Crippen LogP contribution is -2.12. The van der Waals surface area contributed by atoms with Gasteiger partial charge in [0.15, 0.2) is 11.6 Å². The lowest BCUT2D eigenvalue weighted by molar-refractivity contribution is 1.15. The summed E-state index contributed by atoms with van der Waals surface area (Å²) in [5, 5.41) is 0. The average Bonchev–Trinajstić information content (AvgIpc) is 1.95. The van der Waals surface area contributed by atoms with Crippen LogP contribution >= 0.6 is 0 Å². The summed E-state index contributed by atoms with van der Waals surface area (Å²) in [6, 6.07) is 0. The molecule has 0 atom stereocenters. The molecule has 0 radical (unpaired) electrons. The molecule has 6 heteroatoms. The predicted molar refractivity (Wildman–Crippen MR) is 38.7 cm³/mol. The Balaban J connectivity index is 3.14. The van der Waals surface area contributed by atoms with Crippen molar-refractivity contribution in [2.75, 3.05) is 16.9 Å². The van der Waals surface area contributed by atoms with Crippen molar-refractivity contribution in [2.45, 2.75) is 0 Å². The van der Waals surface area contributed by atoms with Crippen LogP contribution in [0.15, 0.2) is 6.33 Å². The third-order valence-electron chi connectivity index (χ3n) is 1.05. The average molecular weight is 140 g/mol. The van der Waals surface area contributed by atoms with Crippen LogP contribution in [-0.2, 0) is 0 Å². The van der Waals surface area contributed by atoms with E-state index in [9.17, 15) is 0 Å². The Labute approximate surface area is 57.4 Å². The van der Waals surface area contributed by atoms with Crippen molar-refractivity contribution >= 4 is 17.3 Å². The first-order valence-corrected chi connectivity index (χ1v) is 2.58. The highest BCUT2D eigenvalue weighted by atomic mass is 15.3. The highest BCUT2D eigenvalue weighted by Crippen LogP contribution is 2.17. The van der Waals surface area contributed by atoms with E-state index in [0.29, 0.717) is 5.82 Å². The van der Waals surface area contributed by atoms with Crippen molar-refractivity contribution in [1.29, 1.82) is 0 Å². The highest BCUT2D eigenvalue weighted by Gasteiger charge is 2.00. The number of nitrogens with two attached hydrogens (primary N) is 3. The third kappa shape index (κ3) is 0.914. The molecule has 10 heavy (non-hydrogen) atoms. The molecule has 1 rings (SSSR count). The second-order valence-corrected chi connectivity index (χ2v) is 1.67. The summed E-state index contributed by atoms with van der Waals surface area (Å²) in [5.74, 6) is 5.61. The summed E-state index contributed by atoms with van der Waals surface area (Å²) in [6.45, 7) is 0. The van der Waals surface area contributed by atoms with Crippen molar-refractivity contribution in [3.63, 3.8) is 0 Å². The summed E-state index contributed by atoms with van der Waals surface area (Å²) in [4.78, 5) is 7.34. The van der Waals surface area contributed by atoms with Gasteiger partial charge in [-0.3, -0.25) is 0 Å². The fourth-order valence-corrected chi connectivity index (χ4v) is 0.524. The van der Waals surface area contributed by atoms with Gasteiger partial charge in [-0.15, -0.1) is 0 Å². The van der Waals surface area contributed by atoms with Crippen LogP contribution in [0.1, 0.15) is 0 Å². The minimum absolute atomic E-state index is 0.225. The van der Waals surface area contributed by atoms with E-state index in [4.69, 9.17) is 17.3 Å². The van der Waals surface area contributed by atoms with Gasteiger partial charge in [0.05, 0.1) is 0 Å². The Bertz CT molecular complexity index is 233. The normalized spacial score (nSPS) is 9.30. The van der Waals surface area contributed by atoms with E-state index in [2.05, 4.69) is 15.4 Å². The van der Waals surface area contributed by atoms with Crippen LogP contribution in [0, 0.1) is 0 Å². The van der Waals surface area contributed by atoms with E-state index in [1.807, 2.05) is 0 Å². The van der Waals surface area contributed by atoms with Crippen molar-refractivity contribution in [1.82, 2.24) is 9.97 Å². The molecular weight excluding hydrogens is 132 g/mol. The first-order chi connectivity index (χ1) is 4.75. The fourth-order valence-electron chi connectivity index (χ4n) is 0.524. The molecule has 7 N–H and O–H groups in total. The number of anilines is 3. The molecule has 54 valence electrons. The van der Waals surface area contributed by atoms with Crippen LogP contribution in [0.25, 0.3) is 0 Å². The Hall–Kier alpha value is -1.56. The van der Waals surface area contributed by atoms with E-state index in [-0.39, 0.29) is 11.5 Å². The molecule has 0 unspecified atom stereocenters. The van der Waals surface area contributed by atoms with E-state index >= 15 is 0 Å².